The minimum Gasteiger partial charge on any atom is -0.353 e. The van der Waals surface area contributed by atoms with Crippen molar-refractivity contribution in [3.63, 3.8) is 0 Å². The van der Waals surface area contributed by atoms with Crippen LogP contribution in [0, 0.1) is 0 Å². The number of rotatable bonds is 3. The van der Waals surface area contributed by atoms with Crippen molar-refractivity contribution in [1.82, 2.24) is 4.90 Å². The summed E-state index contributed by atoms with van der Waals surface area (Å²) in [5.74, 6) is -2.32. The monoisotopic (exact) mass is 418 g/mol. The summed E-state index contributed by atoms with van der Waals surface area (Å²) in [6, 6.07) is 15.3. The van der Waals surface area contributed by atoms with Gasteiger partial charge in [-0.1, -0.05) is 48.5 Å². The summed E-state index contributed by atoms with van der Waals surface area (Å²) in [5, 5.41) is 1.92. The Morgan fingerprint density at radius 2 is 1.73 bits per heavy atom. The molecule has 4 rings (SSSR count). The molecule has 0 aliphatic carbocycles. The predicted molar refractivity (Wildman–Crippen MR) is 103 cm³/mol. The number of nitrogens with one attached hydrogen (secondary N) is 1. The molecule has 1 N–H and O–H groups in total. The molecule has 2 amide bonds. The van der Waals surface area contributed by atoms with Gasteiger partial charge in [0.05, 0.1) is 18.1 Å². The second-order valence-corrected chi connectivity index (χ2v) is 8.09. The third-order valence-corrected chi connectivity index (χ3v) is 5.96. The lowest BCUT2D eigenvalue weighted by atomic mass is 9.78. The van der Waals surface area contributed by atoms with Crippen molar-refractivity contribution in [2.24, 2.45) is 0 Å². The van der Waals surface area contributed by atoms with Crippen molar-refractivity contribution in [2.45, 2.75) is 43.6 Å². The van der Waals surface area contributed by atoms with Crippen LogP contribution in [0.5, 0.6) is 0 Å². The maximum absolute atomic E-state index is 13.6. The van der Waals surface area contributed by atoms with Gasteiger partial charge in [0, 0.05) is 12.1 Å². The van der Waals surface area contributed by atoms with Crippen molar-refractivity contribution in [3.8, 4) is 0 Å². The first kappa shape index (κ1) is 20.4. The van der Waals surface area contributed by atoms with Gasteiger partial charge in [-0.15, -0.1) is 0 Å². The summed E-state index contributed by atoms with van der Waals surface area (Å²) in [4.78, 5) is 26.9. The molecular weight excluding hydrogens is 397 g/mol. The third kappa shape index (κ3) is 3.15. The number of anilines is 1. The van der Waals surface area contributed by atoms with E-state index in [1.807, 2.05) is 42.6 Å². The van der Waals surface area contributed by atoms with Crippen molar-refractivity contribution < 1.29 is 27.5 Å². The molecule has 2 aliphatic heterocycles. The average Bonchev–Trinajstić information content (AvgIpc) is 3.13. The molecule has 0 aromatic heterocycles. The van der Waals surface area contributed by atoms with Gasteiger partial charge in [-0.3, -0.25) is 9.59 Å². The van der Waals surface area contributed by atoms with Crippen molar-refractivity contribution >= 4 is 17.5 Å². The van der Waals surface area contributed by atoms with Crippen LogP contribution in [0.15, 0.2) is 54.6 Å². The molecule has 2 aliphatic rings. The second-order valence-electron chi connectivity index (χ2n) is 8.09. The highest BCUT2D eigenvalue weighted by Crippen LogP contribution is 2.53. The van der Waals surface area contributed by atoms with E-state index in [-0.39, 0.29) is 24.1 Å². The van der Waals surface area contributed by atoms with E-state index >= 15 is 0 Å². The number of fused-ring (bicyclic) bond motifs is 1. The first-order valence-electron chi connectivity index (χ1n) is 9.57. The second kappa shape index (κ2) is 6.84. The van der Waals surface area contributed by atoms with Crippen LogP contribution in [-0.2, 0) is 19.7 Å². The van der Waals surface area contributed by atoms with Gasteiger partial charge in [0.15, 0.2) is 0 Å². The molecule has 0 radical (unpaired) electrons. The number of halogens is 3. The molecule has 2 fully saturated rings. The Kier molecular flexibility index (Phi) is 4.65. The van der Waals surface area contributed by atoms with Crippen LogP contribution in [-0.4, -0.2) is 35.2 Å². The number of carbonyl (C=O) groups is 2. The molecular formula is C22H21F3N2O3. The predicted octanol–water partition coefficient (Wildman–Crippen LogP) is 4.17. The molecule has 5 nitrogen and oxygen atoms in total. The number of carbonyl (C=O) groups excluding carboxylic acids is 2. The Labute approximate surface area is 171 Å². The Balaban J connectivity index is 1.72. The Bertz CT molecular complexity index is 995. The summed E-state index contributed by atoms with van der Waals surface area (Å²) < 4.78 is 44.4. The smallest absolute Gasteiger partial charge is 0.353 e. The highest BCUT2D eigenvalue weighted by atomic mass is 19.4. The summed E-state index contributed by atoms with van der Waals surface area (Å²) in [6.45, 7) is 3.84. The fourth-order valence-corrected chi connectivity index (χ4v) is 4.62. The standard InChI is InChI=1S/C22H21F3N2O3/c1-20(15-10-6-7-11-16(15)26-18(28)22(23,24)25)13-21(2)27(19(20)29)17(12-30-21)14-8-4-3-5-9-14/h3-11,17H,12-13H2,1-2H3,(H,26,28)/t17-,20-,21-/m1/s1. The molecule has 2 heterocycles. The molecule has 30 heavy (non-hydrogen) atoms. The number of hydrogen-bond donors (Lipinski definition) is 1. The molecule has 0 saturated carbocycles. The number of nitrogens with zero attached hydrogens (tertiary/aromatic N) is 1. The minimum absolute atomic E-state index is 0.0308. The van der Waals surface area contributed by atoms with E-state index in [0.29, 0.717) is 12.2 Å². The van der Waals surface area contributed by atoms with E-state index in [2.05, 4.69) is 0 Å². The number of benzene rings is 2. The van der Waals surface area contributed by atoms with Gasteiger partial charge in [0.2, 0.25) is 5.91 Å². The largest absolute Gasteiger partial charge is 0.471 e. The van der Waals surface area contributed by atoms with Gasteiger partial charge in [-0.05, 0) is 31.0 Å². The van der Waals surface area contributed by atoms with Crippen LogP contribution in [0.4, 0.5) is 18.9 Å². The quantitative estimate of drug-likeness (QED) is 0.814. The van der Waals surface area contributed by atoms with Crippen LogP contribution >= 0.6 is 0 Å². The van der Waals surface area contributed by atoms with Gasteiger partial charge >= 0.3 is 12.1 Å². The molecule has 3 atom stereocenters. The Morgan fingerprint density at radius 1 is 1.10 bits per heavy atom. The Morgan fingerprint density at radius 3 is 2.40 bits per heavy atom. The normalized spacial score (nSPS) is 28.5. The van der Waals surface area contributed by atoms with Gasteiger partial charge in [0.25, 0.3) is 0 Å². The lowest BCUT2D eigenvalue weighted by Gasteiger charge is -2.29. The first-order valence-corrected chi connectivity index (χ1v) is 9.57. The molecule has 0 unspecified atom stereocenters. The van der Waals surface area contributed by atoms with Crippen LogP contribution in [0.25, 0.3) is 0 Å². The van der Waals surface area contributed by atoms with Gasteiger partial charge < -0.3 is 15.0 Å². The molecule has 0 spiro atoms. The third-order valence-electron chi connectivity index (χ3n) is 5.96. The van der Waals surface area contributed by atoms with Crippen molar-refractivity contribution in [2.75, 3.05) is 11.9 Å². The summed E-state index contributed by atoms with van der Waals surface area (Å²) in [7, 11) is 0. The van der Waals surface area contributed by atoms with Crippen LogP contribution in [0.2, 0.25) is 0 Å². The molecule has 2 aromatic carbocycles. The van der Waals surface area contributed by atoms with E-state index in [9.17, 15) is 22.8 Å². The van der Waals surface area contributed by atoms with E-state index in [0.717, 1.165) is 5.56 Å². The number of alkyl halides is 3. The summed E-state index contributed by atoms with van der Waals surface area (Å²) in [5.41, 5.74) is -0.821. The molecule has 0 bridgehead atoms. The van der Waals surface area contributed by atoms with Crippen LogP contribution < -0.4 is 5.32 Å². The molecule has 2 aromatic rings. The lowest BCUT2D eigenvalue weighted by molar-refractivity contribution is -0.167. The average molecular weight is 418 g/mol. The highest BCUT2D eigenvalue weighted by Gasteiger charge is 2.62. The van der Waals surface area contributed by atoms with Gasteiger partial charge in [-0.25, -0.2) is 0 Å². The highest BCUT2D eigenvalue weighted by molar-refractivity contribution is 5.98. The van der Waals surface area contributed by atoms with E-state index in [1.54, 1.807) is 24.0 Å². The zero-order chi connectivity index (χ0) is 21.7. The maximum Gasteiger partial charge on any atom is 0.471 e. The Hall–Kier alpha value is -2.87. The van der Waals surface area contributed by atoms with E-state index in [1.165, 1.54) is 12.1 Å². The zero-order valence-corrected chi connectivity index (χ0v) is 16.5. The van der Waals surface area contributed by atoms with Crippen molar-refractivity contribution in [3.05, 3.63) is 65.7 Å². The molecule has 2 saturated heterocycles. The van der Waals surface area contributed by atoms with E-state index in [4.69, 9.17) is 4.74 Å². The van der Waals surface area contributed by atoms with Gasteiger partial charge in [0.1, 0.15) is 5.72 Å². The lowest BCUT2D eigenvalue weighted by Crippen LogP contribution is -2.41. The number of para-hydroxylation sites is 1. The minimum atomic E-state index is -5.03. The molecule has 158 valence electrons. The SMILES string of the molecule is C[C@]1(c2ccccc2NC(=O)C(F)(F)F)C[C@@]2(C)OC[C@H](c3ccccc3)N2C1=O. The number of hydrogen-bond acceptors (Lipinski definition) is 3. The van der Waals surface area contributed by atoms with Crippen LogP contribution in [0.1, 0.15) is 37.4 Å². The fourth-order valence-electron chi connectivity index (χ4n) is 4.62. The van der Waals surface area contributed by atoms with Crippen LogP contribution in [0.3, 0.4) is 0 Å². The first-order chi connectivity index (χ1) is 14.1. The maximum atomic E-state index is 13.6. The zero-order valence-electron chi connectivity index (χ0n) is 16.5. The topological polar surface area (TPSA) is 58.6 Å². The fraction of sp³-hybridized carbons (Fsp3) is 0.364. The number of ether oxygens (including phenoxy) is 1. The summed E-state index contributed by atoms with van der Waals surface area (Å²) in [6.07, 6.45) is -4.78. The summed E-state index contributed by atoms with van der Waals surface area (Å²) >= 11 is 0. The van der Waals surface area contributed by atoms with Gasteiger partial charge in [-0.2, -0.15) is 13.2 Å². The van der Waals surface area contributed by atoms with E-state index < -0.39 is 23.2 Å². The molecule has 8 heteroatoms. The van der Waals surface area contributed by atoms with Crippen molar-refractivity contribution in [1.29, 1.82) is 0 Å². The number of amides is 2.